The van der Waals surface area contributed by atoms with Crippen molar-refractivity contribution in [2.75, 3.05) is 6.54 Å². The molecule has 1 aromatic rings. The molecule has 0 heterocycles. The van der Waals surface area contributed by atoms with E-state index in [-0.39, 0.29) is 48.3 Å². The first-order valence-electron chi connectivity index (χ1n) is 18.1. The lowest BCUT2D eigenvalue weighted by atomic mass is 9.50. The molecule has 5 aliphatic rings. The highest BCUT2D eigenvalue weighted by molar-refractivity contribution is 5.68. The number of aliphatic hydroxyl groups excluding tert-OH is 1. The van der Waals surface area contributed by atoms with Gasteiger partial charge in [-0.15, -0.1) is 13.2 Å². The molecule has 2 N–H and O–H groups in total. The van der Waals surface area contributed by atoms with Gasteiger partial charge in [-0.2, -0.15) is 0 Å². The van der Waals surface area contributed by atoms with Gasteiger partial charge in [0.05, 0.1) is 18.2 Å². The van der Waals surface area contributed by atoms with Crippen molar-refractivity contribution in [2.45, 2.75) is 130 Å². The topological polar surface area (TPSA) is 79.2 Å². The number of halogens is 3. The van der Waals surface area contributed by atoms with Crippen LogP contribution in [0.3, 0.4) is 0 Å². The molecule has 0 aliphatic heterocycles. The Hall–Kier alpha value is -2.52. The Labute approximate surface area is 283 Å². The lowest BCUT2D eigenvalue weighted by Crippen LogP contribution is -2.57. The third kappa shape index (κ3) is 6.67. The first kappa shape index (κ1) is 35.3. The standard InChI is InChI=1S/C39H54F3NO5/c1-24(2)30-12-6-25(3)20-34(30)47-35(45)43(22-26-7-10-29(11-8-26)48-39(40,41)42)23-38(46)19-16-33-31-13-9-27-21-28(44)14-17-36(27,4)32(31)15-18-37(33,38)5/h7-11,13,24-25,28,30,32-34,44,46H,6,12,14-23H2,1-5H3. The van der Waals surface area contributed by atoms with E-state index in [0.29, 0.717) is 29.7 Å². The summed E-state index contributed by atoms with van der Waals surface area (Å²) in [6, 6.07) is 5.59. The first-order valence-corrected chi connectivity index (χ1v) is 18.1. The van der Waals surface area contributed by atoms with E-state index in [2.05, 4.69) is 51.5 Å². The number of ether oxygens (including phenoxy) is 2. The van der Waals surface area contributed by atoms with Crippen molar-refractivity contribution < 1.29 is 37.7 Å². The van der Waals surface area contributed by atoms with Crippen LogP contribution < -0.4 is 4.74 Å². The largest absolute Gasteiger partial charge is 0.573 e. The summed E-state index contributed by atoms with van der Waals surface area (Å²) in [5.74, 6) is 1.27. The highest BCUT2D eigenvalue weighted by Crippen LogP contribution is 2.66. The molecule has 9 atom stereocenters. The lowest BCUT2D eigenvalue weighted by molar-refractivity contribution is -0.274. The molecule has 9 heteroatoms. The van der Waals surface area contributed by atoms with Crippen LogP contribution in [0.25, 0.3) is 0 Å². The lowest BCUT2D eigenvalue weighted by Gasteiger charge is -2.56. The highest BCUT2D eigenvalue weighted by Gasteiger charge is 2.62. The molecular weight excluding hydrogens is 619 g/mol. The van der Waals surface area contributed by atoms with Gasteiger partial charge in [0.1, 0.15) is 11.9 Å². The fourth-order valence-electron chi connectivity index (χ4n) is 10.3. The van der Waals surface area contributed by atoms with E-state index in [1.54, 1.807) is 4.90 Å². The normalized spacial score (nSPS) is 37.9. The number of carbonyl (C=O) groups is 1. The summed E-state index contributed by atoms with van der Waals surface area (Å²) >= 11 is 0. The van der Waals surface area contributed by atoms with Gasteiger partial charge in [-0.1, -0.05) is 76.5 Å². The number of hydrogen-bond acceptors (Lipinski definition) is 5. The second-order valence-corrected chi connectivity index (χ2v) is 16.6. The fraction of sp³-hybridized carbons (Fsp3) is 0.718. The van der Waals surface area contributed by atoms with Crippen LogP contribution in [0.5, 0.6) is 5.75 Å². The zero-order chi connectivity index (χ0) is 34.6. The number of nitrogens with zero attached hydrogens (tertiary/aromatic N) is 1. The molecule has 0 spiro atoms. The second kappa shape index (κ2) is 13.0. The third-order valence-electron chi connectivity index (χ3n) is 13.3. The van der Waals surface area contributed by atoms with Gasteiger partial charge in [-0.3, -0.25) is 0 Å². The van der Waals surface area contributed by atoms with E-state index in [1.807, 2.05) is 0 Å². The minimum Gasteiger partial charge on any atom is -0.446 e. The Kier molecular flexibility index (Phi) is 9.55. The molecule has 9 unspecified atom stereocenters. The molecule has 0 radical (unpaired) electrons. The van der Waals surface area contributed by atoms with E-state index in [0.717, 1.165) is 57.8 Å². The van der Waals surface area contributed by atoms with Crippen LogP contribution in [0.1, 0.15) is 104 Å². The maximum Gasteiger partial charge on any atom is 0.573 e. The van der Waals surface area contributed by atoms with Gasteiger partial charge >= 0.3 is 12.5 Å². The van der Waals surface area contributed by atoms with Crippen LogP contribution in [-0.4, -0.2) is 51.9 Å². The average Bonchev–Trinajstić information content (AvgIpc) is 3.27. The van der Waals surface area contributed by atoms with Crippen LogP contribution in [0.4, 0.5) is 18.0 Å². The fourth-order valence-corrected chi connectivity index (χ4v) is 10.3. The number of benzene rings is 1. The van der Waals surface area contributed by atoms with Gasteiger partial charge in [-0.05, 0) is 110 Å². The summed E-state index contributed by atoms with van der Waals surface area (Å²) in [6.45, 7) is 11.2. The number of allylic oxidation sites excluding steroid dienone is 3. The Morgan fingerprint density at radius 3 is 2.40 bits per heavy atom. The SMILES string of the molecule is CC1CCC(C(C)C)C(OC(=O)N(Cc2ccc(OC(F)(F)F)cc2)CC2(O)CCC3C4=CC=C5CC(O)CCC5(C)C4CCC32C)C1. The van der Waals surface area contributed by atoms with Gasteiger partial charge in [-0.25, -0.2) is 4.79 Å². The van der Waals surface area contributed by atoms with Crippen molar-refractivity contribution in [1.29, 1.82) is 0 Å². The summed E-state index contributed by atoms with van der Waals surface area (Å²) in [5.41, 5.74) is 1.75. The summed E-state index contributed by atoms with van der Waals surface area (Å²) in [5, 5.41) is 23.0. The van der Waals surface area contributed by atoms with Gasteiger partial charge < -0.3 is 24.6 Å². The Bertz CT molecular complexity index is 1410. The number of amides is 1. The molecular formula is C39H54F3NO5. The molecule has 48 heavy (non-hydrogen) atoms. The van der Waals surface area contributed by atoms with Crippen LogP contribution in [0.15, 0.2) is 47.6 Å². The van der Waals surface area contributed by atoms with E-state index >= 15 is 0 Å². The molecule has 4 fully saturated rings. The minimum atomic E-state index is -4.79. The summed E-state index contributed by atoms with van der Waals surface area (Å²) in [6.07, 6.45) is 7.19. The Morgan fingerprint density at radius 2 is 1.71 bits per heavy atom. The van der Waals surface area contributed by atoms with Crippen LogP contribution in [-0.2, 0) is 11.3 Å². The van der Waals surface area contributed by atoms with Crippen molar-refractivity contribution in [3.8, 4) is 5.75 Å². The van der Waals surface area contributed by atoms with Crippen molar-refractivity contribution in [3.05, 3.63) is 53.1 Å². The van der Waals surface area contributed by atoms with Crippen molar-refractivity contribution in [3.63, 3.8) is 0 Å². The monoisotopic (exact) mass is 673 g/mol. The van der Waals surface area contributed by atoms with Crippen molar-refractivity contribution in [1.82, 2.24) is 4.90 Å². The number of rotatable bonds is 7. The Morgan fingerprint density at radius 1 is 1.00 bits per heavy atom. The summed E-state index contributed by atoms with van der Waals surface area (Å²) in [4.78, 5) is 15.8. The molecule has 6 rings (SSSR count). The molecule has 266 valence electrons. The van der Waals surface area contributed by atoms with Crippen LogP contribution in [0.2, 0.25) is 0 Å². The zero-order valence-corrected chi connectivity index (χ0v) is 29.2. The highest BCUT2D eigenvalue weighted by atomic mass is 19.4. The predicted molar refractivity (Wildman–Crippen MR) is 178 cm³/mol. The smallest absolute Gasteiger partial charge is 0.446 e. The van der Waals surface area contributed by atoms with Crippen molar-refractivity contribution >= 4 is 6.09 Å². The molecule has 5 aliphatic carbocycles. The summed E-state index contributed by atoms with van der Waals surface area (Å²) < 4.78 is 48.9. The van der Waals surface area contributed by atoms with Crippen LogP contribution in [0, 0.1) is 40.4 Å². The minimum absolute atomic E-state index is 0.0211. The summed E-state index contributed by atoms with van der Waals surface area (Å²) in [7, 11) is 0. The van der Waals surface area contributed by atoms with Gasteiger partial charge in [0.2, 0.25) is 0 Å². The first-order chi connectivity index (χ1) is 22.5. The molecule has 1 amide bonds. The molecule has 4 saturated carbocycles. The van der Waals surface area contributed by atoms with Gasteiger partial charge in [0.15, 0.2) is 0 Å². The number of hydrogen-bond donors (Lipinski definition) is 2. The maximum absolute atomic E-state index is 14.2. The number of aliphatic hydroxyl groups is 2. The number of fused-ring (bicyclic) bond motifs is 5. The maximum atomic E-state index is 14.2. The molecule has 0 saturated heterocycles. The third-order valence-corrected chi connectivity index (χ3v) is 13.3. The zero-order valence-electron chi connectivity index (χ0n) is 29.2. The van der Waals surface area contributed by atoms with E-state index in [1.165, 1.54) is 35.4 Å². The molecule has 0 bridgehead atoms. The number of alkyl halides is 3. The van der Waals surface area contributed by atoms with Gasteiger partial charge in [0.25, 0.3) is 0 Å². The number of carbonyl (C=O) groups excluding carboxylic acids is 1. The second-order valence-electron chi connectivity index (χ2n) is 16.6. The van der Waals surface area contributed by atoms with Gasteiger partial charge in [0, 0.05) is 12.0 Å². The van der Waals surface area contributed by atoms with Crippen LogP contribution >= 0.6 is 0 Å². The Balaban J connectivity index is 1.26. The average molecular weight is 674 g/mol. The predicted octanol–water partition coefficient (Wildman–Crippen LogP) is 8.96. The molecule has 1 aromatic carbocycles. The quantitative estimate of drug-likeness (QED) is 0.302. The van der Waals surface area contributed by atoms with E-state index < -0.39 is 23.5 Å². The van der Waals surface area contributed by atoms with Crippen molar-refractivity contribution in [2.24, 2.45) is 40.4 Å². The molecule has 0 aromatic heterocycles. The molecule has 6 nitrogen and oxygen atoms in total. The van der Waals surface area contributed by atoms with E-state index in [9.17, 15) is 28.2 Å². The van der Waals surface area contributed by atoms with E-state index in [4.69, 9.17) is 4.74 Å².